The minimum absolute atomic E-state index is 0.392. The van der Waals surface area contributed by atoms with E-state index in [-0.39, 0.29) is 0 Å². The molecule has 0 aliphatic rings. The fourth-order valence-electron chi connectivity index (χ4n) is 1.85. The van der Waals surface area contributed by atoms with Gasteiger partial charge in [0.1, 0.15) is 0 Å². The normalized spacial score (nSPS) is 16.1. The number of hydrogen-bond acceptors (Lipinski definition) is 2. The summed E-state index contributed by atoms with van der Waals surface area (Å²) in [5.74, 6) is 1.58. The lowest BCUT2D eigenvalue weighted by Gasteiger charge is -2.33. The highest BCUT2D eigenvalue weighted by atomic mass is 16.5. The topological polar surface area (TPSA) is 21.3 Å². The molecule has 2 unspecified atom stereocenters. The van der Waals surface area contributed by atoms with Crippen molar-refractivity contribution in [2.45, 2.75) is 47.5 Å². The van der Waals surface area contributed by atoms with Crippen molar-refractivity contribution < 1.29 is 4.74 Å². The first-order valence-electron chi connectivity index (χ1n) is 6.61. The molecule has 2 heteroatoms. The summed E-state index contributed by atoms with van der Waals surface area (Å²) in [6.07, 6.45) is 2.60. The molecule has 0 saturated carbocycles. The van der Waals surface area contributed by atoms with Gasteiger partial charge >= 0.3 is 0 Å². The zero-order chi connectivity index (χ0) is 12.6. The van der Waals surface area contributed by atoms with Crippen LogP contribution in [0.25, 0.3) is 0 Å². The minimum atomic E-state index is 0.392. The van der Waals surface area contributed by atoms with Gasteiger partial charge in [0.15, 0.2) is 0 Å². The van der Waals surface area contributed by atoms with E-state index in [0.717, 1.165) is 31.5 Å². The first kappa shape index (κ1) is 15.9. The van der Waals surface area contributed by atoms with Gasteiger partial charge in [0, 0.05) is 13.7 Å². The molecule has 0 fully saturated rings. The number of rotatable bonds is 8. The van der Waals surface area contributed by atoms with E-state index in [1.165, 1.54) is 12.8 Å². The third-order valence-electron chi connectivity index (χ3n) is 3.48. The van der Waals surface area contributed by atoms with Crippen molar-refractivity contribution in [1.29, 1.82) is 0 Å². The van der Waals surface area contributed by atoms with Crippen LogP contribution in [0, 0.1) is 17.3 Å². The number of hydrogen-bond donors (Lipinski definition) is 1. The highest BCUT2D eigenvalue weighted by Crippen LogP contribution is 2.31. The van der Waals surface area contributed by atoms with E-state index in [2.05, 4.69) is 39.9 Å². The molecule has 0 aromatic rings. The summed E-state index contributed by atoms with van der Waals surface area (Å²) in [5.41, 5.74) is 0.392. The van der Waals surface area contributed by atoms with E-state index in [1.807, 2.05) is 0 Å². The van der Waals surface area contributed by atoms with Crippen molar-refractivity contribution in [2.24, 2.45) is 17.3 Å². The molecule has 0 amide bonds. The summed E-state index contributed by atoms with van der Waals surface area (Å²) in [6, 6.07) is 0. The molecule has 2 nitrogen and oxygen atoms in total. The van der Waals surface area contributed by atoms with Gasteiger partial charge in [-0.25, -0.2) is 0 Å². The van der Waals surface area contributed by atoms with E-state index in [0.29, 0.717) is 5.41 Å². The van der Waals surface area contributed by atoms with Crippen LogP contribution in [0.3, 0.4) is 0 Å². The van der Waals surface area contributed by atoms with Gasteiger partial charge in [-0.2, -0.15) is 0 Å². The summed E-state index contributed by atoms with van der Waals surface area (Å²) in [7, 11) is 1.75. The van der Waals surface area contributed by atoms with E-state index < -0.39 is 0 Å². The second-order valence-corrected chi connectivity index (χ2v) is 6.01. The molecule has 1 N–H and O–H groups in total. The molecular formula is C14H31NO. The average Bonchev–Trinajstić information content (AvgIpc) is 2.20. The van der Waals surface area contributed by atoms with Crippen LogP contribution < -0.4 is 5.32 Å². The van der Waals surface area contributed by atoms with Crippen LogP contribution in [-0.4, -0.2) is 26.8 Å². The summed E-state index contributed by atoms with van der Waals surface area (Å²) >= 11 is 0. The standard InChI is InChI=1S/C14H31NO/c1-7-12(2)10-13(14(3,4)5)11-15-8-9-16-6/h12-13,15H,7-11H2,1-6H3. The highest BCUT2D eigenvalue weighted by Gasteiger charge is 2.25. The molecule has 0 rings (SSSR count). The van der Waals surface area contributed by atoms with Crippen LogP contribution in [0.5, 0.6) is 0 Å². The highest BCUT2D eigenvalue weighted by molar-refractivity contribution is 4.77. The second kappa shape index (κ2) is 8.08. The van der Waals surface area contributed by atoms with Crippen LogP contribution in [0.1, 0.15) is 47.5 Å². The van der Waals surface area contributed by atoms with Gasteiger partial charge in [0.05, 0.1) is 6.61 Å². The van der Waals surface area contributed by atoms with Gasteiger partial charge in [-0.15, -0.1) is 0 Å². The van der Waals surface area contributed by atoms with Crippen molar-refractivity contribution in [1.82, 2.24) is 5.32 Å². The third-order valence-corrected chi connectivity index (χ3v) is 3.48. The van der Waals surface area contributed by atoms with Crippen LogP contribution in [0.2, 0.25) is 0 Å². The van der Waals surface area contributed by atoms with Crippen LogP contribution in [-0.2, 0) is 4.74 Å². The second-order valence-electron chi connectivity index (χ2n) is 6.01. The Morgan fingerprint density at radius 2 is 1.88 bits per heavy atom. The molecule has 16 heavy (non-hydrogen) atoms. The van der Waals surface area contributed by atoms with E-state index in [4.69, 9.17) is 4.74 Å². The Labute approximate surface area is 102 Å². The van der Waals surface area contributed by atoms with Crippen molar-refractivity contribution in [3.05, 3.63) is 0 Å². The first-order chi connectivity index (χ1) is 7.41. The van der Waals surface area contributed by atoms with Crippen LogP contribution >= 0.6 is 0 Å². The maximum atomic E-state index is 5.05. The van der Waals surface area contributed by atoms with Crippen molar-refractivity contribution >= 4 is 0 Å². The van der Waals surface area contributed by atoms with E-state index in [1.54, 1.807) is 7.11 Å². The van der Waals surface area contributed by atoms with Gasteiger partial charge in [0.2, 0.25) is 0 Å². The Morgan fingerprint density at radius 1 is 1.25 bits per heavy atom. The van der Waals surface area contributed by atoms with Gasteiger partial charge in [-0.05, 0) is 30.2 Å². The lowest BCUT2D eigenvalue weighted by molar-refractivity contribution is 0.172. The maximum Gasteiger partial charge on any atom is 0.0587 e. The lowest BCUT2D eigenvalue weighted by Crippen LogP contribution is -2.34. The Bertz CT molecular complexity index is 163. The number of methoxy groups -OCH3 is 1. The fourth-order valence-corrected chi connectivity index (χ4v) is 1.85. The van der Waals surface area contributed by atoms with Crippen molar-refractivity contribution in [2.75, 3.05) is 26.8 Å². The van der Waals surface area contributed by atoms with Gasteiger partial charge < -0.3 is 10.1 Å². The Hall–Kier alpha value is -0.0800. The Balaban J connectivity index is 4.02. The lowest BCUT2D eigenvalue weighted by atomic mass is 9.75. The molecule has 0 radical (unpaired) electrons. The van der Waals surface area contributed by atoms with Gasteiger partial charge in [0.25, 0.3) is 0 Å². The molecule has 0 saturated heterocycles. The van der Waals surface area contributed by atoms with Crippen molar-refractivity contribution in [3.8, 4) is 0 Å². The molecule has 0 aromatic carbocycles. The first-order valence-corrected chi connectivity index (χ1v) is 6.61. The maximum absolute atomic E-state index is 5.05. The quantitative estimate of drug-likeness (QED) is 0.645. The van der Waals surface area contributed by atoms with Crippen LogP contribution in [0.15, 0.2) is 0 Å². The molecule has 98 valence electrons. The molecule has 0 bridgehead atoms. The van der Waals surface area contributed by atoms with Crippen molar-refractivity contribution in [3.63, 3.8) is 0 Å². The summed E-state index contributed by atoms with van der Waals surface area (Å²) in [6.45, 7) is 14.5. The van der Waals surface area contributed by atoms with Gasteiger partial charge in [-0.3, -0.25) is 0 Å². The molecule has 0 heterocycles. The zero-order valence-corrected chi connectivity index (χ0v) is 12.1. The summed E-state index contributed by atoms with van der Waals surface area (Å²) < 4.78 is 5.05. The number of ether oxygens (including phenoxy) is 1. The molecular weight excluding hydrogens is 198 g/mol. The minimum Gasteiger partial charge on any atom is -0.383 e. The number of nitrogens with one attached hydrogen (secondary N) is 1. The third kappa shape index (κ3) is 7.24. The SMILES string of the molecule is CCC(C)CC(CNCCOC)C(C)(C)C. The van der Waals surface area contributed by atoms with Gasteiger partial charge in [-0.1, -0.05) is 41.0 Å². The monoisotopic (exact) mass is 229 g/mol. The predicted molar refractivity (Wildman–Crippen MR) is 71.8 cm³/mol. The molecule has 0 aliphatic carbocycles. The fraction of sp³-hybridized carbons (Fsp3) is 1.00. The smallest absolute Gasteiger partial charge is 0.0587 e. The Morgan fingerprint density at radius 3 is 2.31 bits per heavy atom. The summed E-state index contributed by atoms with van der Waals surface area (Å²) in [5, 5.41) is 3.50. The Kier molecular flexibility index (Phi) is 8.04. The van der Waals surface area contributed by atoms with E-state index >= 15 is 0 Å². The predicted octanol–water partition coefficient (Wildman–Crippen LogP) is 3.32. The van der Waals surface area contributed by atoms with E-state index in [9.17, 15) is 0 Å². The largest absolute Gasteiger partial charge is 0.383 e. The molecule has 0 aliphatic heterocycles. The van der Waals surface area contributed by atoms with Crippen LogP contribution in [0.4, 0.5) is 0 Å². The zero-order valence-electron chi connectivity index (χ0n) is 12.1. The average molecular weight is 229 g/mol. The summed E-state index contributed by atoms with van der Waals surface area (Å²) in [4.78, 5) is 0. The molecule has 0 aromatic heterocycles. The molecule has 2 atom stereocenters. The molecule has 0 spiro atoms.